The van der Waals surface area contributed by atoms with Gasteiger partial charge in [-0.3, -0.25) is 9.59 Å². The molecule has 0 radical (unpaired) electrons. The highest BCUT2D eigenvalue weighted by Crippen LogP contribution is 1.83. The zero-order valence-corrected chi connectivity index (χ0v) is 9.04. The van der Waals surface area contributed by atoms with Gasteiger partial charge in [0, 0.05) is 13.1 Å². The van der Waals surface area contributed by atoms with Crippen LogP contribution in [-0.2, 0) is 14.3 Å². The highest BCUT2D eigenvalue weighted by Gasteiger charge is 2.03. The Bertz CT molecular complexity index is 217. The van der Waals surface area contributed by atoms with Crippen molar-refractivity contribution in [3.8, 4) is 0 Å². The molecule has 0 saturated carbocycles. The molecule has 5 nitrogen and oxygen atoms in total. The van der Waals surface area contributed by atoms with E-state index in [9.17, 15) is 9.59 Å². The number of carbonyl (C=O) groups is 2. The molecule has 15 heavy (non-hydrogen) atoms. The number of amides is 1. The van der Waals surface area contributed by atoms with Crippen molar-refractivity contribution in [2.75, 3.05) is 26.2 Å². The summed E-state index contributed by atoms with van der Waals surface area (Å²) in [6.07, 6.45) is 1.88. The van der Waals surface area contributed by atoms with Crippen LogP contribution in [0.5, 0.6) is 0 Å². The second kappa shape index (κ2) is 9.21. The van der Waals surface area contributed by atoms with E-state index in [-0.39, 0.29) is 24.8 Å². The highest BCUT2D eigenvalue weighted by molar-refractivity contribution is 5.78. The summed E-state index contributed by atoms with van der Waals surface area (Å²) in [6, 6.07) is 0. The van der Waals surface area contributed by atoms with Crippen molar-refractivity contribution in [1.82, 2.24) is 10.6 Å². The monoisotopic (exact) mass is 214 g/mol. The van der Waals surface area contributed by atoms with Gasteiger partial charge in [-0.1, -0.05) is 6.08 Å². The number of nitrogens with one attached hydrogen (secondary N) is 2. The fourth-order valence-electron chi connectivity index (χ4n) is 0.887. The van der Waals surface area contributed by atoms with Crippen LogP contribution in [0.25, 0.3) is 0 Å². The minimum absolute atomic E-state index is 0.138. The minimum atomic E-state index is -0.295. The summed E-state index contributed by atoms with van der Waals surface area (Å²) in [5.74, 6) is -0.432. The molecule has 0 aromatic carbocycles. The lowest BCUT2D eigenvalue weighted by Crippen LogP contribution is -2.35. The van der Waals surface area contributed by atoms with Crippen LogP contribution in [0.15, 0.2) is 12.7 Å². The molecule has 0 saturated heterocycles. The van der Waals surface area contributed by atoms with Gasteiger partial charge in [-0.05, 0) is 6.92 Å². The van der Waals surface area contributed by atoms with Gasteiger partial charge in [-0.25, -0.2) is 0 Å². The van der Waals surface area contributed by atoms with Gasteiger partial charge in [0.05, 0.1) is 19.6 Å². The van der Waals surface area contributed by atoms with Crippen molar-refractivity contribution in [3.05, 3.63) is 12.7 Å². The predicted molar refractivity (Wildman–Crippen MR) is 57.3 cm³/mol. The van der Waals surface area contributed by atoms with Crippen molar-refractivity contribution in [2.24, 2.45) is 0 Å². The van der Waals surface area contributed by atoms with Gasteiger partial charge < -0.3 is 15.4 Å². The summed E-state index contributed by atoms with van der Waals surface area (Å²) in [7, 11) is 0. The molecule has 0 bridgehead atoms. The number of esters is 1. The quantitative estimate of drug-likeness (QED) is 0.334. The molecule has 1 amide bonds. The predicted octanol–water partition coefficient (Wildman–Crippen LogP) is -0.169. The van der Waals surface area contributed by atoms with Crippen LogP contribution in [0.2, 0.25) is 0 Å². The van der Waals surface area contributed by atoms with Crippen molar-refractivity contribution in [3.63, 3.8) is 0 Å². The first-order chi connectivity index (χ1) is 7.20. The van der Waals surface area contributed by atoms with E-state index in [4.69, 9.17) is 4.74 Å². The van der Waals surface area contributed by atoms with Crippen LogP contribution in [0.3, 0.4) is 0 Å². The first kappa shape index (κ1) is 13.6. The van der Waals surface area contributed by atoms with Crippen LogP contribution in [0, 0.1) is 0 Å². The Balaban J connectivity index is 3.38. The Morgan fingerprint density at radius 3 is 2.80 bits per heavy atom. The Morgan fingerprint density at radius 1 is 1.47 bits per heavy atom. The van der Waals surface area contributed by atoms with Gasteiger partial charge in [0.1, 0.15) is 0 Å². The van der Waals surface area contributed by atoms with Crippen LogP contribution in [0.4, 0.5) is 0 Å². The summed E-state index contributed by atoms with van der Waals surface area (Å²) in [6.45, 7) is 6.75. The largest absolute Gasteiger partial charge is 0.466 e. The molecule has 0 aliphatic rings. The van der Waals surface area contributed by atoms with Crippen molar-refractivity contribution in [2.45, 2.75) is 13.3 Å². The Kier molecular flexibility index (Phi) is 8.37. The number of carbonyl (C=O) groups excluding carboxylic acids is 2. The van der Waals surface area contributed by atoms with Crippen molar-refractivity contribution in [1.29, 1.82) is 0 Å². The van der Waals surface area contributed by atoms with E-state index in [2.05, 4.69) is 17.2 Å². The summed E-state index contributed by atoms with van der Waals surface area (Å²) in [5, 5.41) is 5.45. The molecule has 5 heteroatoms. The zero-order chi connectivity index (χ0) is 11.5. The molecule has 0 rings (SSSR count). The molecule has 0 spiro atoms. The second-order valence-corrected chi connectivity index (χ2v) is 2.82. The molecular formula is C10H18N2O3. The highest BCUT2D eigenvalue weighted by atomic mass is 16.5. The smallest absolute Gasteiger partial charge is 0.307 e. The third-order valence-corrected chi connectivity index (χ3v) is 1.53. The normalized spacial score (nSPS) is 9.40. The number of rotatable bonds is 8. The van der Waals surface area contributed by atoms with Crippen LogP contribution in [0.1, 0.15) is 13.3 Å². The zero-order valence-electron chi connectivity index (χ0n) is 9.04. The van der Waals surface area contributed by atoms with Crippen molar-refractivity contribution < 1.29 is 14.3 Å². The van der Waals surface area contributed by atoms with Gasteiger partial charge in [0.2, 0.25) is 5.91 Å². The van der Waals surface area contributed by atoms with E-state index in [1.165, 1.54) is 0 Å². The Morgan fingerprint density at radius 2 is 2.20 bits per heavy atom. The lowest BCUT2D eigenvalue weighted by Gasteiger charge is -2.05. The van der Waals surface area contributed by atoms with Gasteiger partial charge in [-0.15, -0.1) is 6.58 Å². The third kappa shape index (κ3) is 8.96. The Labute approximate surface area is 89.9 Å². The Hall–Kier alpha value is -1.36. The molecule has 0 aliphatic heterocycles. The average molecular weight is 214 g/mol. The molecule has 0 aromatic heterocycles. The van der Waals surface area contributed by atoms with Crippen LogP contribution in [-0.4, -0.2) is 38.1 Å². The van der Waals surface area contributed by atoms with Crippen molar-refractivity contribution >= 4 is 11.9 Å². The SMILES string of the molecule is C=CCNCC(=O)NCCC(=O)OCC. The van der Waals surface area contributed by atoms with E-state index < -0.39 is 0 Å². The van der Waals surface area contributed by atoms with Gasteiger partial charge in [0.25, 0.3) is 0 Å². The van der Waals surface area contributed by atoms with E-state index in [0.29, 0.717) is 19.7 Å². The molecule has 2 N–H and O–H groups in total. The molecule has 0 aliphatic carbocycles. The van der Waals surface area contributed by atoms with Crippen LogP contribution >= 0.6 is 0 Å². The molecular weight excluding hydrogens is 196 g/mol. The standard InChI is InChI=1S/C10H18N2O3/c1-3-6-11-8-9(13)12-7-5-10(14)15-4-2/h3,11H,1,4-8H2,2H3,(H,12,13). The van der Waals surface area contributed by atoms with Gasteiger partial charge in [-0.2, -0.15) is 0 Å². The lowest BCUT2D eigenvalue weighted by atomic mass is 10.4. The fraction of sp³-hybridized carbons (Fsp3) is 0.600. The maximum Gasteiger partial charge on any atom is 0.307 e. The third-order valence-electron chi connectivity index (χ3n) is 1.53. The summed E-state index contributed by atoms with van der Waals surface area (Å²) in [4.78, 5) is 22.0. The first-order valence-corrected chi connectivity index (χ1v) is 4.94. The number of ether oxygens (including phenoxy) is 1. The molecule has 0 heterocycles. The van der Waals surface area contributed by atoms with Gasteiger partial charge in [0.15, 0.2) is 0 Å². The van der Waals surface area contributed by atoms with E-state index in [1.54, 1.807) is 13.0 Å². The lowest BCUT2D eigenvalue weighted by molar-refractivity contribution is -0.143. The molecule has 0 fully saturated rings. The summed E-state index contributed by atoms with van der Waals surface area (Å²) >= 11 is 0. The molecule has 0 unspecified atom stereocenters. The van der Waals surface area contributed by atoms with E-state index in [1.807, 2.05) is 0 Å². The molecule has 0 atom stereocenters. The topological polar surface area (TPSA) is 67.4 Å². The summed E-state index contributed by atoms with van der Waals surface area (Å²) in [5.41, 5.74) is 0. The van der Waals surface area contributed by atoms with Gasteiger partial charge >= 0.3 is 5.97 Å². The number of hydrogen-bond acceptors (Lipinski definition) is 4. The molecule has 86 valence electrons. The maximum absolute atomic E-state index is 11.1. The minimum Gasteiger partial charge on any atom is -0.466 e. The van der Waals surface area contributed by atoms with Crippen LogP contribution < -0.4 is 10.6 Å². The average Bonchev–Trinajstić information content (AvgIpc) is 2.18. The first-order valence-electron chi connectivity index (χ1n) is 4.94. The van der Waals surface area contributed by atoms with E-state index >= 15 is 0 Å². The fourth-order valence-corrected chi connectivity index (χ4v) is 0.887. The number of hydrogen-bond donors (Lipinski definition) is 2. The second-order valence-electron chi connectivity index (χ2n) is 2.82. The summed E-state index contributed by atoms with van der Waals surface area (Å²) < 4.78 is 4.70. The van der Waals surface area contributed by atoms with E-state index in [0.717, 1.165) is 0 Å². The molecule has 0 aromatic rings. The maximum atomic E-state index is 11.1.